The van der Waals surface area contributed by atoms with Crippen LogP contribution < -0.4 is 10.5 Å². The molecule has 6 heteroatoms. The summed E-state index contributed by atoms with van der Waals surface area (Å²) in [6.45, 7) is 2.55. The van der Waals surface area contributed by atoms with Crippen LogP contribution in [-0.4, -0.2) is 21.1 Å². The van der Waals surface area contributed by atoms with Crippen molar-refractivity contribution in [1.29, 1.82) is 0 Å². The van der Waals surface area contributed by atoms with E-state index in [1.54, 1.807) is 18.4 Å². The number of aryl methyl sites for hydroxylation is 1. The molecule has 0 bridgehead atoms. The number of hydrogen-bond donors (Lipinski definition) is 2. The molecular weight excluding hydrogens is 264 g/mol. The van der Waals surface area contributed by atoms with Gasteiger partial charge in [-0.15, -0.1) is 0 Å². The van der Waals surface area contributed by atoms with Gasteiger partial charge in [0.05, 0.1) is 17.7 Å². The SMILES string of the molecule is Cc1ccc(S(N)(=O)=O)cc1NCC1CCC=CO1. The highest BCUT2D eigenvalue weighted by atomic mass is 32.2. The minimum absolute atomic E-state index is 0.113. The molecule has 0 aromatic heterocycles. The average Bonchev–Trinajstić information content (AvgIpc) is 2.37. The van der Waals surface area contributed by atoms with Crippen molar-refractivity contribution in [3.8, 4) is 0 Å². The van der Waals surface area contributed by atoms with Crippen molar-refractivity contribution >= 4 is 15.7 Å². The van der Waals surface area contributed by atoms with Crippen molar-refractivity contribution in [2.75, 3.05) is 11.9 Å². The Hall–Kier alpha value is -1.53. The van der Waals surface area contributed by atoms with Crippen LogP contribution in [0, 0.1) is 6.92 Å². The maximum atomic E-state index is 11.3. The van der Waals surface area contributed by atoms with Gasteiger partial charge in [-0.05, 0) is 43.5 Å². The summed E-state index contributed by atoms with van der Waals surface area (Å²) in [6.07, 6.45) is 5.77. The molecule has 1 unspecified atom stereocenters. The van der Waals surface area contributed by atoms with Gasteiger partial charge in [0.1, 0.15) is 6.10 Å². The third-order valence-electron chi connectivity index (χ3n) is 3.08. The number of allylic oxidation sites excluding steroid dienone is 1. The number of rotatable bonds is 4. The first-order valence-electron chi connectivity index (χ1n) is 6.14. The van der Waals surface area contributed by atoms with Crippen LogP contribution in [0.3, 0.4) is 0 Å². The van der Waals surface area contributed by atoms with Crippen molar-refractivity contribution in [3.63, 3.8) is 0 Å². The number of primary sulfonamides is 1. The second kappa shape index (κ2) is 5.63. The summed E-state index contributed by atoms with van der Waals surface area (Å²) in [6, 6.07) is 4.81. The Labute approximate surface area is 113 Å². The van der Waals surface area contributed by atoms with Gasteiger partial charge >= 0.3 is 0 Å². The predicted molar refractivity (Wildman–Crippen MR) is 74.3 cm³/mol. The third kappa shape index (κ3) is 3.71. The lowest BCUT2D eigenvalue weighted by Crippen LogP contribution is -2.23. The van der Waals surface area contributed by atoms with Gasteiger partial charge in [-0.25, -0.2) is 13.6 Å². The molecule has 0 amide bonds. The van der Waals surface area contributed by atoms with E-state index in [1.165, 1.54) is 6.07 Å². The molecule has 1 aromatic carbocycles. The highest BCUT2D eigenvalue weighted by Crippen LogP contribution is 2.20. The molecule has 19 heavy (non-hydrogen) atoms. The molecule has 5 nitrogen and oxygen atoms in total. The van der Waals surface area contributed by atoms with E-state index in [-0.39, 0.29) is 11.0 Å². The third-order valence-corrected chi connectivity index (χ3v) is 3.99. The molecule has 1 aliphatic rings. The Balaban J connectivity index is 2.09. The van der Waals surface area contributed by atoms with Gasteiger partial charge in [-0.3, -0.25) is 0 Å². The van der Waals surface area contributed by atoms with E-state index in [4.69, 9.17) is 9.88 Å². The standard InChI is InChI=1S/C13H18N2O3S/c1-10-5-6-12(19(14,16)17)8-13(10)15-9-11-4-2-3-7-18-11/h3,5-8,11,15H,2,4,9H2,1H3,(H2,14,16,17). The van der Waals surface area contributed by atoms with Crippen molar-refractivity contribution in [1.82, 2.24) is 0 Å². The van der Waals surface area contributed by atoms with Gasteiger partial charge in [-0.1, -0.05) is 6.07 Å². The van der Waals surface area contributed by atoms with Crippen LogP contribution in [0.25, 0.3) is 0 Å². The molecule has 1 aliphatic heterocycles. The van der Waals surface area contributed by atoms with Crippen LogP contribution in [0.1, 0.15) is 18.4 Å². The Kier molecular flexibility index (Phi) is 4.11. The maximum Gasteiger partial charge on any atom is 0.238 e. The topological polar surface area (TPSA) is 81.4 Å². The molecule has 1 heterocycles. The zero-order valence-electron chi connectivity index (χ0n) is 10.8. The fraction of sp³-hybridized carbons (Fsp3) is 0.385. The number of sulfonamides is 1. The first-order chi connectivity index (χ1) is 8.97. The second-order valence-corrected chi connectivity index (χ2v) is 6.17. The van der Waals surface area contributed by atoms with E-state index in [9.17, 15) is 8.42 Å². The van der Waals surface area contributed by atoms with Gasteiger partial charge < -0.3 is 10.1 Å². The van der Waals surface area contributed by atoms with E-state index in [0.29, 0.717) is 6.54 Å². The molecule has 1 atom stereocenters. The average molecular weight is 282 g/mol. The first kappa shape index (κ1) is 13.9. The van der Waals surface area contributed by atoms with Crippen molar-refractivity contribution in [3.05, 3.63) is 36.1 Å². The van der Waals surface area contributed by atoms with Crippen LogP contribution in [-0.2, 0) is 14.8 Å². The number of anilines is 1. The first-order valence-corrected chi connectivity index (χ1v) is 7.69. The minimum Gasteiger partial charge on any atom is -0.497 e. The normalized spacial score (nSPS) is 18.9. The van der Waals surface area contributed by atoms with Gasteiger partial charge in [-0.2, -0.15) is 0 Å². The summed E-state index contributed by atoms with van der Waals surface area (Å²) in [4.78, 5) is 0.116. The molecule has 0 saturated heterocycles. The van der Waals surface area contributed by atoms with E-state index in [1.807, 2.05) is 13.0 Å². The van der Waals surface area contributed by atoms with E-state index in [2.05, 4.69) is 5.32 Å². The summed E-state index contributed by atoms with van der Waals surface area (Å²) < 4.78 is 28.1. The predicted octanol–water partition coefficient (Wildman–Crippen LogP) is 1.75. The molecule has 1 aromatic rings. The van der Waals surface area contributed by atoms with E-state index < -0.39 is 10.0 Å². The fourth-order valence-electron chi connectivity index (χ4n) is 1.93. The van der Waals surface area contributed by atoms with Crippen LogP contribution in [0.4, 0.5) is 5.69 Å². The van der Waals surface area contributed by atoms with Gasteiger partial charge in [0, 0.05) is 5.69 Å². The van der Waals surface area contributed by atoms with E-state index >= 15 is 0 Å². The van der Waals surface area contributed by atoms with Gasteiger partial charge in [0.25, 0.3) is 0 Å². The molecule has 0 aliphatic carbocycles. The number of hydrogen-bond acceptors (Lipinski definition) is 4. The lowest BCUT2D eigenvalue weighted by Gasteiger charge is -2.21. The number of nitrogens with one attached hydrogen (secondary N) is 1. The molecule has 2 rings (SSSR count). The Morgan fingerprint density at radius 2 is 2.26 bits per heavy atom. The van der Waals surface area contributed by atoms with Crippen LogP contribution >= 0.6 is 0 Å². The molecule has 104 valence electrons. The highest BCUT2D eigenvalue weighted by Gasteiger charge is 2.13. The summed E-state index contributed by atoms with van der Waals surface area (Å²) >= 11 is 0. The lowest BCUT2D eigenvalue weighted by molar-refractivity contribution is 0.135. The molecular formula is C13H18N2O3S. The number of benzene rings is 1. The molecule has 3 N–H and O–H groups in total. The molecule has 0 spiro atoms. The number of ether oxygens (including phenoxy) is 1. The van der Waals surface area contributed by atoms with Crippen molar-refractivity contribution in [2.24, 2.45) is 5.14 Å². The largest absolute Gasteiger partial charge is 0.497 e. The zero-order valence-corrected chi connectivity index (χ0v) is 11.6. The van der Waals surface area contributed by atoms with Crippen molar-refractivity contribution < 1.29 is 13.2 Å². The molecule has 0 saturated carbocycles. The highest BCUT2D eigenvalue weighted by molar-refractivity contribution is 7.89. The molecule has 0 fully saturated rings. The maximum absolute atomic E-state index is 11.3. The Morgan fingerprint density at radius 1 is 1.47 bits per heavy atom. The quantitative estimate of drug-likeness (QED) is 0.881. The summed E-state index contributed by atoms with van der Waals surface area (Å²) in [7, 11) is -3.67. The number of nitrogens with two attached hydrogens (primary N) is 1. The Bertz CT molecular complexity index is 582. The smallest absolute Gasteiger partial charge is 0.238 e. The zero-order chi connectivity index (χ0) is 13.9. The fourth-order valence-corrected chi connectivity index (χ4v) is 2.47. The molecule has 0 radical (unpaired) electrons. The summed E-state index contributed by atoms with van der Waals surface area (Å²) in [5.74, 6) is 0. The monoisotopic (exact) mass is 282 g/mol. The van der Waals surface area contributed by atoms with Crippen molar-refractivity contribution in [2.45, 2.75) is 30.8 Å². The Morgan fingerprint density at radius 3 is 2.89 bits per heavy atom. The van der Waals surface area contributed by atoms with Gasteiger partial charge in [0.2, 0.25) is 10.0 Å². The van der Waals surface area contributed by atoms with Crippen LogP contribution in [0.15, 0.2) is 35.4 Å². The summed E-state index contributed by atoms with van der Waals surface area (Å²) in [5.41, 5.74) is 1.74. The van der Waals surface area contributed by atoms with Crippen LogP contribution in [0.2, 0.25) is 0 Å². The lowest BCUT2D eigenvalue weighted by atomic mass is 10.1. The minimum atomic E-state index is -3.67. The summed E-state index contributed by atoms with van der Waals surface area (Å²) in [5, 5.41) is 8.34. The van der Waals surface area contributed by atoms with Gasteiger partial charge in [0.15, 0.2) is 0 Å². The van der Waals surface area contributed by atoms with Crippen LogP contribution in [0.5, 0.6) is 0 Å². The second-order valence-electron chi connectivity index (χ2n) is 4.61. The van der Waals surface area contributed by atoms with E-state index in [0.717, 1.165) is 24.1 Å².